The van der Waals surface area contributed by atoms with E-state index in [1.54, 1.807) is 23.5 Å². The molecule has 2 rings (SSSR count). The Morgan fingerprint density at radius 2 is 2.00 bits per heavy atom. The van der Waals surface area contributed by atoms with Crippen molar-refractivity contribution in [2.75, 3.05) is 33.2 Å². The fourth-order valence-corrected chi connectivity index (χ4v) is 3.21. The zero-order valence-corrected chi connectivity index (χ0v) is 16.7. The van der Waals surface area contributed by atoms with Crippen LogP contribution in [0.5, 0.6) is 0 Å². The maximum Gasteiger partial charge on any atom is 0.224 e. The predicted octanol–water partition coefficient (Wildman–Crippen LogP) is 2.69. The van der Waals surface area contributed by atoms with Gasteiger partial charge < -0.3 is 15.5 Å². The van der Waals surface area contributed by atoms with Crippen molar-refractivity contribution >= 4 is 23.2 Å². The van der Waals surface area contributed by atoms with E-state index in [2.05, 4.69) is 38.0 Å². The largest absolute Gasteiger partial charge is 0.357 e. The number of carbonyl (C=O) groups excluding carboxylic acids is 1. The second-order valence-electron chi connectivity index (χ2n) is 6.14. The molecule has 0 unspecified atom stereocenters. The van der Waals surface area contributed by atoms with Crippen LogP contribution >= 0.6 is 11.3 Å². The minimum atomic E-state index is -0.298. The number of nitrogens with zero attached hydrogens (tertiary/aromatic N) is 2. The third-order valence-electron chi connectivity index (χ3n) is 3.94. The van der Waals surface area contributed by atoms with Crippen LogP contribution in [-0.2, 0) is 17.6 Å². The number of thiophene rings is 1. The van der Waals surface area contributed by atoms with Crippen LogP contribution in [0.4, 0.5) is 4.39 Å². The van der Waals surface area contributed by atoms with Gasteiger partial charge in [0.05, 0.1) is 13.0 Å². The van der Waals surface area contributed by atoms with E-state index in [0.717, 1.165) is 31.0 Å². The van der Waals surface area contributed by atoms with Crippen LogP contribution in [0.15, 0.2) is 46.8 Å². The molecule has 27 heavy (non-hydrogen) atoms. The van der Waals surface area contributed by atoms with Crippen molar-refractivity contribution < 1.29 is 9.18 Å². The molecule has 0 aliphatic carbocycles. The molecular weight excluding hydrogens is 363 g/mol. The van der Waals surface area contributed by atoms with E-state index < -0.39 is 0 Å². The number of halogens is 1. The van der Waals surface area contributed by atoms with E-state index in [-0.39, 0.29) is 18.1 Å². The Labute approximate surface area is 164 Å². The molecule has 146 valence electrons. The second-order valence-corrected chi connectivity index (χ2v) is 7.17. The standard InChI is InChI=1S/C20H27FN4OS/c1-3-22-20(25(2)13-10-18-5-4-14-27-18)24-12-11-23-19(26)15-16-6-8-17(21)9-7-16/h4-9,14H,3,10-13,15H2,1-2H3,(H,22,24)(H,23,26). The van der Waals surface area contributed by atoms with Gasteiger partial charge in [-0.05, 0) is 42.5 Å². The lowest BCUT2D eigenvalue weighted by Crippen LogP contribution is -2.40. The summed E-state index contributed by atoms with van der Waals surface area (Å²) in [6.07, 6.45) is 1.22. The minimum absolute atomic E-state index is 0.0899. The van der Waals surface area contributed by atoms with E-state index in [0.29, 0.717) is 13.1 Å². The summed E-state index contributed by atoms with van der Waals surface area (Å²) < 4.78 is 12.9. The Morgan fingerprint density at radius 1 is 1.22 bits per heavy atom. The Kier molecular flexibility index (Phi) is 8.77. The van der Waals surface area contributed by atoms with Gasteiger partial charge in [-0.3, -0.25) is 9.79 Å². The highest BCUT2D eigenvalue weighted by molar-refractivity contribution is 7.09. The first-order valence-electron chi connectivity index (χ1n) is 9.11. The highest BCUT2D eigenvalue weighted by Crippen LogP contribution is 2.09. The lowest BCUT2D eigenvalue weighted by molar-refractivity contribution is -0.120. The van der Waals surface area contributed by atoms with Crippen molar-refractivity contribution in [1.82, 2.24) is 15.5 Å². The lowest BCUT2D eigenvalue weighted by atomic mass is 10.1. The summed E-state index contributed by atoms with van der Waals surface area (Å²) in [5.41, 5.74) is 0.791. The summed E-state index contributed by atoms with van der Waals surface area (Å²) in [7, 11) is 2.02. The predicted molar refractivity (Wildman–Crippen MR) is 110 cm³/mol. The molecule has 5 nitrogen and oxygen atoms in total. The summed E-state index contributed by atoms with van der Waals surface area (Å²) in [4.78, 5) is 20.0. The molecule has 0 bridgehead atoms. The Bertz CT molecular complexity index is 716. The zero-order valence-electron chi connectivity index (χ0n) is 15.9. The van der Waals surface area contributed by atoms with Gasteiger partial charge in [-0.15, -0.1) is 11.3 Å². The van der Waals surface area contributed by atoms with Crippen LogP contribution in [0, 0.1) is 5.82 Å². The SMILES string of the molecule is CCNC(=NCCNC(=O)Cc1ccc(F)cc1)N(C)CCc1cccs1. The minimum Gasteiger partial charge on any atom is -0.357 e. The highest BCUT2D eigenvalue weighted by Gasteiger charge is 2.07. The average Bonchev–Trinajstić information content (AvgIpc) is 3.18. The van der Waals surface area contributed by atoms with Crippen LogP contribution in [0.25, 0.3) is 0 Å². The normalized spacial score (nSPS) is 11.3. The molecule has 1 heterocycles. The van der Waals surface area contributed by atoms with Crippen LogP contribution < -0.4 is 10.6 Å². The Balaban J connectivity index is 1.74. The van der Waals surface area contributed by atoms with Gasteiger partial charge in [0.1, 0.15) is 5.82 Å². The molecule has 0 saturated heterocycles. The number of hydrogen-bond donors (Lipinski definition) is 2. The van der Waals surface area contributed by atoms with Gasteiger partial charge in [0, 0.05) is 31.6 Å². The molecule has 0 spiro atoms. The van der Waals surface area contributed by atoms with Crippen LogP contribution in [0.1, 0.15) is 17.4 Å². The summed E-state index contributed by atoms with van der Waals surface area (Å²) in [6.45, 7) is 4.67. The molecule has 0 atom stereocenters. The van der Waals surface area contributed by atoms with Gasteiger partial charge in [0.15, 0.2) is 5.96 Å². The molecule has 0 aliphatic heterocycles. The molecule has 7 heteroatoms. The van der Waals surface area contributed by atoms with Crippen LogP contribution in [0.2, 0.25) is 0 Å². The zero-order chi connectivity index (χ0) is 19.5. The number of rotatable bonds is 9. The molecule has 0 fully saturated rings. The van der Waals surface area contributed by atoms with Crippen molar-refractivity contribution in [2.45, 2.75) is 19.8 Å². The van der Waals surface area contributed by atoms with Crippen molar-refractivity contribution in [3.63, 3.8) is 0 Å². The van der Waals surface area contributed by atoms with E-state index in [4.69, 9.17) is 0 Å². The topological polar surface area (TPSA) is 56.7 Å². The molecule has 0 aliphatic rings. The number of carbonyl (C=O) groups is 1. The van der Waals surface area contributed by atoms with E-state index >= 15 is 0 Å². The molecule has 0 radical (unpaired) electrons. The Morgan fingerprint density at radius 3 is 2.67 bits per heavy atom. The molecular formula is C20H27FN4OS. The third kappa shape index (κ3) is 7.78. The van der Waals surface area contributed by atoms with Crippen molar-refractivity contribution in [3.05, 3.63) is 58.0 Å². The fourth-order valence-electron chi connectivity index (χ4n) is 2.52. The van der Waals surface area contributed by atoms with Gasteiger partial charge in [-0.25, -0.2) is 4.39 Å². The number of likely N-dealkylation sites (N-methyl/N-ethyl adjacent to an activating group) is 1. The number of nitrogens with one attached hydrogen (secondary N) is 2. The van der Waals surface area contributed by atoms with Gasteiger partial charge >= 0.3 is 0 Å². The van der Waals surface area contributed by atoms with E-state index in [1.165, 1.54) is 17.0 Å². The second kappa shape index (κ2) is 11.3. The summed E-state index contributed by atoms with van der Waals surface area (Å²) in [6, 6.07) is 10.2. The summed E-state index contributed by atoms with van der Waals surface area (Å²) >= 11 is 1.76. The number of guanidine groups is 1. The quantitative estimate of drug-likeness (QED) is 0.393. The monoisotopic (exact) mass is 390 g/mol. The molecule has 0 saturated carbocycles. The number of aliphatic imine (C=N–C) groups is 1. The van der Waals surface area contributed by atoms with Gasteiger partial charge in [0.2, 0.25) is 5.91 Å². The molecule has 1 aromatic carbocycles. The van der Waals surface area contributed by atoms with Crippen molar-refractivity contribution in [2.24, 2.45) is 4.99 Å². The van der Waals surface area contributed by atoms with Crippen LogP contribution in [0.3, 0.4) is 0 Å². The summed E-state index contributed by atoms with van der Waals surface area (Å²) in [5, 5.41) is 8.22. The number of amides is 1. The maximum absolute atomic E-state index is 12.9. The van der Waals surface area contributed by atoms with E-state index in [9.17, 15) is 9.18 Å². The first kappa shape index (κ1) is 20.9. The molecule has 2 aromatic rings. The molecule has 2 N–H and O–H groups in total. The lowest BCUT2D eigenvalue weighted by Gasteiger charge is -2.21. The first-order valence-corrected chi connectivity index (χ1v) is 9.99. The van der Waals surface area contributed by atoms with Crippen LogP contribution in [-0.4, -0.2) is 50.0 Å². The number of hydrogen-bond acceptors (Lipinski definition) is 3. The smallest absolute Gasteiger partial charge is 0.224 e. The van der Waals surface area contributed by atoms with Gasteiger partial charge in [-0.1, -0.05) is 18.2 Å². The Hall–Kier alpha value is -2.41. The molecule has 1 aromatic heterocycles. The summed E-state index contributed by atoms with van der Waals surface area (Å²) in [5.74, 6) is 0.447. The fraction of sp³-hybridized carbons (Fsp3) is 0.400. The third-order valence-corrected chi connectivity index (χ3v) is 4.88. The first-order chi connectivity index (χ1) is 13.1. The van der Waals surface area contributed by atoms with Gasteiger partial charge in [0.25, 0.3) is 0 Å². The van der Waals surface area contributed by atoms with E-state index in [1.807, 2.05) is 14.0 Å². The average molecular weight is 391 g/mol. The van der Waals surface area contributed by atoms with Crippen molar-refractivity contribution in [3.8, 4) is 0 Å². The van der Waals surface area contributed by atoms with Gasteiger partial charge in [-0.2, -0.15) is 0 Å². The highest BCUT2D eigenvalue weighted by atomic mass is 32.1. The molecule has 1 amide bonds. The number of benzene rings is 1. The maximum atomic E-state index is 12.9. The van der Waals surface area contributed by atoms with Crippen molar-refractivity contribution in [1.29, 1.82) is 0 Å².